The summed E-state index contributed by atoms with van der Waals surface area (Å²) in [6.45, 7) is 6.04. The van der Waals surface area contributed by atoms with Crippen LogP contribution in [0.5, 0.6) is 0 Å². The molecule has 0 radical (unpaired) electrons. The third-order valence-electron chi connectivity index (χ3n) is 3.08. The molecule has 0 unspecified atom stereocenters. The Kier molecular flexibility index (Phi) is 3.14. The molecule has 1 aromatic carbocycles. The van der Waals surface area contributed by atoms with E-state index in [1.165, 1.54) is 5.56 Å². The molecule has 88 valence electrons. The van der Waals surface area contributed by atoms with Crippen molar-refractivity contribution in [2.24, 2.45) is 0 Å². The molecule has 0 atom stereocenters. The molecular weight excluding hydrogens is 212 g/mol. The van der Waals surface area contributed by atoms with Crippen LogP contribution < -0.4 is 0 Å². The Morgan fingerprint density at radius 3 is 2.59 bits per heavy atom. The molecule has 0 aliphatic heterocycles. The molecule has 0 aliphatic carbocycles. The van der Waals surface area contributed by atoms with Crippen LogP contribution in [0.2, 0.25) is 0 Å². The first-order chi connectivity index (χ1) is 8.13. The quantitative estimate of drug-likeness (QED) is 0.750. The molecule has 0 N–H and O–H groups in total. The van der Waals surface area contributed by atoms with Crippen molar-refractivity contribution in [3.8, 4) is 0 Å². The van der Waals surface area contributed by atoms with E-state index in [9.17, 15) is 4.79 Å². The summed E-state index contributed by atoms with van der Waals surface area (Å²) in [5.74, 6) is 0.798. The summed E-state index contributed by atoms with van der Waals surface area (Å²) >= 11 is 0. The van der Waals surface area contributed by atoms with E-state index in [1.54, 1.807) is 12.3 Å². The Hall–Kier alpha value is -1.83. The van der Waals surface area contributed by atoms with Crippen molar-refractivity contribution in [3.05, 3.63) is 58.5 Å². The lowest BCUT2D eigenvalue weighted by Gasteiger charge is -2.04. The minimum atomic E-state index is 0.0405. The van der Waals surface area contributed by atoms with Crippen LogP contribution in [0.1, 0.15) is 39.7 Å². The minimum Gasteiger partial charge on any atom is -0.469 e. The fraction of sp³-hybridized carbons (Fsp3) is 0.267. The van der Waals surface area contributed by atoms with E-state index in [4.69, 9.17) is 4.42 Å². The van der Waals surface area contributed by atoms with Gasteiger partial charge in [-0.25, -0.2) is 0 Å². The Balaban J connectivity index is 2.40. The molecule has 1 heterocycles. The molecule has 2 aromatic rings. The van der Waals surface area contributed by atoms with Gasteiger partial charge in [0.1, 0.15) is 5.76 Å². The van der Waals surface area contributed by atoms with Gasteiger partial charge in [-0.05, 0) is 37.1 Å². The van der Waals surface area contributed by atoms with Gasteiger partial charge in [-0.1, -0.05) is 19.1 Å². The van der Waals surface area contributed by atoms with Crippen LogP contribution in [0.3, 0.4) is 0 Å². The van der Waals surface area contributed by atoms with Crippen LogP contribution in [0.15, 0.2) is 34.9 Å². The highest BCUT2D eigenvalue weighted by Gasteiger charge is 2.15. The second-order valence-corrected chi connectivity index (χ2v) is 4.24. The zero-order valence-corrected chi connectivity index (χ0v) is 10.4. The van der Waals surface area contributed by atoms with Crippen LogP contribution in [0, 0.1) is 13.8 Å². The Morgan fingerprint density at radius 1 is 1.18 bits per heavy atom. The highest BCUT2D eigenvalue weighted by atomic mass is 16.3. The molecule has 2 rings (SSSR count). The lowest BCUT2D eigenvalue weighted by atomic mass is 9.99. The molecule has 0 saturated heterocycles. The van der Waals surface area contributed by atoms with Gasteiger partial charge in [0.2, 0.25) is 0 Å². The number of benzene rings is 1. The predicted molar refractivity (Wildman–Crippen MR) is 67.4 cm³/mol. The number of aryl methyl sites for hydroxylation is 3. The second kappa shape index (κ2) is 4.58. The van der Waals surface area contributed by atoms with Gasteiger partial charge in [0.25, 0.3) is 0 Å². The Labute approximate surface area is 101 Å². The van der Waals surface area contributed by atoms with Gasteiger partial charge in [0.15, 0.2) is 5.78 Å². The van der Waals surface area contributed by atoms with E-state index in [0.717, 1.165) is 23.3 Å². The molecule has 0 amide bonds. The van der Waals surface area contributed by atoms with Crippen molar-refractivity contribution in [3.63, 3.8) is 0 Å². The van der Waals surface area contributed by atoms with E-state index in [-0.39, 0.29) is 5.78 Å². The van der Waals surface area contributed by atoms with Crippen molar-refractivity contribution in [2.75, 3.05) is 0 Å². The summed E-state index contributed by atoms with van der Waals surface area (Å²) in [5.41, 5.74) is 3.74. The highest BCUT2D eigenvalue weighted by Crippen LogP contribution is 2.18. The monoisotopic (exact) mass is 228 g/mol. The average Bonchev–Trinajstić information content (AvgIpc) is 2.80. The van der Waals surface area contributed by atoms with Crippen LogP contribution in [-0.2, 0) is 6.42 Å². The summed E-state index contributed by atoms with van der Waals surface area (Å²) in [6, 6.07) is 7.53. The van der Waals surface area contributed by atoms with Gasteiger partial charge in [-0.2, -0.15) is 0 Å². The number of rotatable bonds is 3. The third-order valence-corrected chi connectivity index (χ3v) is 3.08. The molecular formula is C15H16O2. The Bertz CT molecular complexity index is 550. The largest absolute Gasteiger partial charge is 0.469 e. The molecule has 0 aliphatic rings. The smallest absolute Gasteiger partial charge is 0.196 e. The van der Waals surface area contributed by atoms with Gasteiger partial charge < -0.3 is 4.42 Å². The van der Waals surface area contributed by atoms with Gasteiger partial charge in [-0.15, -0.1) is 0 Å². The summed E-state index contributed by atoms with van der Waals surface area (Å²) in [4.78, 5) is 12.3. The fourth-order valence-corrected chi connectivity index (χ4v) is 1.85. The maximum Gasteiger partial charge on any atom is 0.196 e. The second-order valence-electron chi connectivity index (χ2n) is 4.24. The van der Waals surface area contributed by atoms with Gasteiger partial charge in [0.05, 0.1) is 11.8 Å². The molecule has 0 saturated carbocycles. The predicted octanol–water partition coefficient (Wildman–Crippen LogP) is 3.69. The van der Waals surface area contributed by atoms with Crippen LogP contribution in [0.25, 0.3) is 0 Å². The highest BCUT2D eigenvalue weighted by molar-refractivity contribution is 6.09. The van der Waals surface area contributed by atoms with Crippen molar-refractivity contribution in [2.45, 2.75) is 27.2 Å². The number of furan rings is 1. The van der Waals surface area contributed by atoms with E-state index in [1.807, 2.05) is 39.0 Å². The molecule has 1 aromatic heterocycles. The number of hydrogen-bond acceptors (Lipinski definition) is 2. The third kappa shape index (κ3) is 2.16. The number of carbonyl (C=O) groups excluding carboxylic acids is 1. The molecule has 0 spiro atoms. The first kappa shape index (κ1) is 11.6. The average molecular weight is 228 g/mol. The molecule has 2 nitrogen and oxygen atoms in total. The van der Waals surface area contributed by atoms with Crippen LogP contribution in [-0.4, -0.2) is 5.78 Å². The summed E-state index contributed by atoms with van der Waals surface area (Å²) in [7, 11) is 0. The maximum atomic E-state index is 12.3. The zero-order valence-electron chi connectivity index (χ0n) is 10.4. The molecule has 0 bridgehead atoms. The minimum absolute atomic E-state index is 0.0405. The topological polar surface area (TPSA) is 30.2 Å². The zero-order chi connectivity index (χ0) is 12.4. The van der Waals surface area contributed by atoms with E-state index < -0.39 is 0 Å². The first-order valence-corrected chi connectivity index (χ1v) is 5.81. The summed E-state index contributed by atoms with van der Waals surface area (Å²) in [6.07, 6.45) is 2.31. The lowest BCUT2D eigenvalue weighted by molar-refractivity contribution is 0.103. The SMILES string of the molecule is CCc1occc1C(=O)c1ccc(C)c(C)c1. The normalized spacial score (nSPS) is 10.5. The van der Waals surface area contributed by atoms with Gasteiger partial charge in [-0.3, -0.25) is 4.79 Å². The molecule has 0 fully saturated rings. The molecule has 17 heavy (non-hydrogen) atoms. The lowest BCUT2D eigenvalue weighted by Crippen LogP contribution is -2.03. The Morgan fingerprint density at radius 2 is 1.94 bits per heavy atom. The fourth-order valence-electron chi connectivity index (χ4n) is 1.85. The van der Waals surface area contributed by atoms with Crippen LogP contribution in [0.4, 0.5) is 0 Å². The van der Waals surface area contributed by atoms with Crippen molar-refractivity contribution in [1.29, 1.82) is 0 Å². The van der Waals surface area contributed by atoms with Gasteiger partial charge in [0, 0.05) is 12.0 Å². The first-order valence-electron chi connectivity index (χ1n) is 5.81. The van der Waals surface area contributed by atoms with Gasteiger partial charge >= 0.3 is 0 Å². The van der Waals surface area contributed by atoms with Crippen molar-refractivity contribution >= 4 is 5.78 Å². The number of ketones is 1. The van der Waals surface area contributed by atoms with E-state index >= 15 is 0 Å². The van der Waals surface area contributed by atoms with E-state index in [0.29, 0.717) is 5.56 Å². The van der Waals surface area contributed by atoms with E-state index in [2.05, 4.69) is 0 Å². The molecule has 2 heteroatoms. The van der Waals surface area contributed by atoms with Crippen LogP contribution >= 0.6 is 0 Å². The summed E-state index contributed by atoms with van der Waals surface area (Å²) in [5, 5.41) is 0. The van der Waals surface area contributed by atoms with Crippen molar-refractivity contribution in [1.82, 2.24) is 0 Å². The maximum absolute atomic E-state index is 12.3. The standard InChI is InChI=1S/C15H16O2/c1-4-14-13(7-8-17-14)15(16)12-6-5-10(2)11(3)9-12/h5-9H,4H2,1-3H3. The summed E-state index contributed by atoms with van der Waals surface area (Å²) < 4.78 is 5.29. The number of hydrogen-bond donors (Lipinski definition) is 0. The number of carbonyl (C=O) groups is 1. The van der Waals surface area contributed by atoms with Crippen molar-refractivity contribution < 1.29 is 9.21 Å².